The highest BCUT2D eigenvalue weighted by Gasteiger charge is 2.28. The number of amides is 2. The van der Waals surface area contributed by atoms with Crippen LogP contribution in [0.3, 0.4) is 0 Å². The van der Waals surface area contributed by atoms with Crippen molar-refractivity contribution in [3.8, 4) is 0 Å². The molecule has 2 aromatic rings. The number of hydrogen-bond acceptors (Lipinski definition) is 3. The Morgan fingerprint density at radius 3 is 2.31 bits per heavy atom. The van der Waals surface area contributed by atoms with E-state index in [1.165, 1.54) is 11.8 Å². The lowest BCUT2D eigenvalue weighted by atomic mass is 10.1. The van der Waals surface area contributed by atoms with E-state index in [4.69, 9.17) is 11.6 Å². The molecule has 0 bridgehead atoms. The van der Waals surface area contributed by atoms with Crippen LogP contribution in [0.5, 0.6) is 0 Å². The summed E-state index contributed by atoms with van der Waals surface area (Å²) in [4.78, 5) is 28.5. The molecule has 1 atom stereocenters. The van der Waals surface area contributed by atoms with Crippen molar-refractivity contribution in [2.45, 2.75) is 51.1 Å². The number of aryl methyl sites for hydroxylation is 1. The number of nitrogens with one attached hydrogen (secondary N) is 1. The van der Waals surface area contributed by atoms with Crippen molar-refractivity contribution >= 4 is 35.2 Å². The van der Waals surface area contributed by atoms with E-state index < -0.39 is 6.04 Å². The van der Waals surface area contributed by atoms with Gasteiger partial charge in [0.05, 0.1) is 5.75 Å². The second kappa shape index (κ2) is 11.9. The van der Waals surface area contributed by atoms with Gasteiger partial charge in [0.25, 0.3) is 0 Å². The highest BCUT2D eigenvalue weighted by Crippen LogP contribution is 2.22. The summed E-state index contributed by atoms with van der Waals surface area (Å²) in [7, 11) is 0. The van der Waals surface area contributed by atoms with E-state index in [2.05, 4.69) is 5.32 Å². The summed E-state index contributed by atoms with van der Waals surface area (Å²) in [5, 5.41) is 3.61. The van der Waals surface area contributed by atoms with Crippen molar-refractivity contribution in [2.24, 2.45) is 0 Å². The number of carbonyl (C=O) groups is 2. The number of benzene rings is 2. The maximum absolute atomic E-state index is 13.1. The van der Waals surface area contributed by atoms with Gasteiger partial charge in [-0.05, 0) is 49.6 Å². The van der Waals surface area contributed by atoms with Gasteiger partial charge in [0.2, 0.25) is 11.8 Å². The highest BCUT2D eigenvalue weighted by molar-refractivity contribution is 8.00. The minimum atomic E-state index is -0.485. The van der Waals surface area contributed by atoms with Gasteiger partial charge in [-0.1, -0.05) is 55.3 Å². The Morgan fingerprint density at radius 1 is 1.07 bits per heavy atom. The smallest absolute Gasteiger partial charge is 0.242 e. The van der Waals surface area contributed by atoms with Crippen molar-refractivity contribution in [1.29, 1.82) is 0 Å². The van der Waals surface area contributed by atoms with E-state index in [9.17, 15) is 9.59 Å². The third kappa shape index (κ3) is 7.41. The summed E-state index contributed by atoms with van der Waals surface area (Å²) in [6.07, 6.45) is 1.43. The topological polar surface area (TPSA) is 49.4 Å². The molecule has 2 rings (SSSR count). The summed E-state index contributed by atoms with van der Waals surface area (Å²) in [5.74, 6) is 0.126. The van der Waals surface area contributed by atoms with E-state index in [-0.39, 0.29) is 17.6 Å². The number of hydrogen-bond donors (Lipinski definition) is 1. The summed E-state index contributed by atoms with van der Waals surface area (Å²) in [6, 6.07) is 15.0. The lowest BCUT2D eigenvalue weighted by molar-refractivity contribution is -0.139. The molecule has 2 amide bonds. The maximum atomic E-state index is 13.1. The molecular formula is C23H29ClN2O2S. The quantitative estimate of drug-likeness (QED) is 0.533. The first-order valence-electron chi connectivity index (χ1n) is 9.95. The van der Waals surface area contributed by atoms with Crippen molar-refractivity contribution in [2.75, 3.05) is 12.3 Å². The number of thioether (sulfide) groups is 1. The molecule has 0 saturated heterocycles. The molecule has 0 aliphatic heterocycles. The van der Waals surface area contributed by atoms with Crippen molar-refractivity contribution < 1.29 is 9.59 Å². The summed E-state index contributed by atoms with van der Waals surface area (Å²) in [6.45, 7) is 7.01. The van der Waals surface area contributed by atoms with Crippen LogP contribution in [0.1, 0.15) is 37.8 Å². The van der Waals surface area contributed by atoms with Crippen molar-refractivity contribution in [3.05, 3.63) is 64.7 Å². The minimum Gasteiger partial charge on any atom is -0.354 e. The van der Waals surface area contributed by atoms with Crippen LogP contribution in [0.4, 0.5) is 0 Å². The number of halogens is 1. The first-order chi connectivity index (χ1) is 13.9. The van der Waals surface area contributed by atoms with Gasteiger partial charge in [-0.15, -0.1) is 11.8 Å². The molecule has 0 aliphatic rings. The van der Waals surface area contributed by atoms with Gasteiger partial charge in [-0.25, -0.2) is 0 Å². The Bertz CT molecular complexity index is 794. The Hall–Kier alpha value is -1.98. The molecule has 0 radical (unpaired) electrons. The van der Waals surface area contributed by atoms with Crippen molar-refractivity contribution in [1.82, 2.24) is 10.2 Å². The van der Waals surface area contributed by atoms with Crippen LogP contribution in [0.2, 0.25) is 5.02 Å². The fourth-order valence-electron chi connectivity index (χ4n) is 2.93. The molecular weight excluding hydrogens is 404 g/mol. The fraction of sp³-hybridized carbons (Fsp3) is 0.391. The lowest BCUT2D eigenvalue weighted by Gasteiger charge is -2.30. The third-order valence-electron chi connectivity index (χ3n) is 4.58. The number of nitrogens with zero attached hydrogens (tertiary/aromatic N) is 1. The zero-order valence-corrected chi connectivity index (χ0v) is 18.9. The summed E-state index contributed by atoms with van der Waals surface area (Å²) >= 11 is 7.39. The van der Waals surface area contributed by atoms with E-state index in [1.54, 1.807) is 4.90 Å². The maximum Gasteiger partial charge on any atom is 0.242 e. The molecule has 0 aliphatic carbocycles. The molecule has 0 heterocycles. The molecule has 4 nitrogen and oxygen atoms in total. The molecule has 0 saturated carbocycles. The van der Waals surface area contributed by atoms with Crippen LogP contribution in [0, 0.1) is 6.92 Å². The monoisotopic (exact) mass is 432 g/mol. The van der Waals surface area contributed by atoms with Crippen molar-refractivity contribution in [3.63, 3.8) is 0 Å². The average Bonchev–Trinajstić information content (AvgIpc) is 2.72. The van der Waals surface area contributed by atoms with Crippen LogP contribution in [0.25, 0.3) is 0 Å². The standard InChI is InChI=1S/C23H29ClN2O2S/c1-4-14-25-23(28)21(5-2)26(15-18-8-6-17(3)7-9-18)22(27)16-29-20-12-10-19(24)11-13-20/h6-13,21H,4-5,14-16H2,1-3H3,(H,25,28)/t21-/m0/s1. The first kappa shape index (κ1) is 23.3. The van der Waals surface area contributed by atoms with Gasteiger partial charge in [-0.2, -0.15) is 0 Å². The zero-order chi connectivity index (χ0) is 21.2. The molecule has 0 fully saturated rings. The first-order valence-corrected chi connectivity index (χ1v) is 11.3. The fourth-order valence-corrected chi connectivity index (χ4v) is 3.84. The molecule has 29 heavy (non-hydrogen) atoms. The zero-order valence-electron chi connectivity index (χ0n) is 17.3. The second-order valence-corrected chi connectivity index (χ2v) is 8.45. The van der Waals surface area contributed by atoms with Crippen LogP contribution in [-0.4, -0.2) is 35.1 Å². The predicted molar refractivity (Wildman–Crippen MR) is 121 cm³/mol. The van der Waals surface area contributed by atoms with Gasteiger partial charge in [0, 0.05) is 23.0 Å². The van der Waals surface area contributed by atoms with Crippen LogP contribution >= 0.6 is 23.4 Å². The van der Waals surface area contributed by atoms with Crippen LogP contribution in [-0.2, 0) is 16.1 Å². The number of carbonyl (C=O) groups excluding carboxylic acids is 2. The van der Waals surface area contributed by atoms with E-state index >= 15 is 0 Å². The van der Waals surface area contributed by atoms with Gasteiger partial charge >= 0.3 is 0 Å². The molecule has 0 aromatic heterocycles. The Morgan fingerprint density at radius 2 is 1.72 bits per heavy atom. The summed E-state index contributed by atoms with van der Waals surface area (Å²) < 4.78 is 0. The van der Waals surface area contributed by atoms with E-state index in [0.717, 1.165) is 22.4 Å². The molecule has 156 valence electrons. The van der Waals surface area contributed by atoms with Crippen LogP contribution in [0.15, 0.2) is 53.4 Å². The number of rotatable bonds is 10. The summed E-state index contributed by atoms with van der Waals surface area (Å²) in [5.41, 5.74) is 2.18. The molecule has 2 aromatic carbocycles. The SMILES string of the molecule is CCCNC(=O)[C@H](CC)N(Cc1ccc(C)cc1)C(=O)CSc1ccc(Cl)cc1. The molecule has 0 spiro atoms. The lowest BCUT2D eigenvalue weighted by Crippen LogP contribution is -2.49. The molecule has 6 heteroatoms. The normalized spacial score (nSPS) is 11.7. The molecule has 0 unspecified atom stereocenters. The third-order valence-corrected chi connectivity index (χ3v) is 5.83. The largest absolute Gasteiger partial charge is 0.354 e. The van der Waals surface area contributed by atoms with Gasteiger partial charge < -0.3 is 10.2 Å². The van der Waals surface area contributed by atoms with E-state index in [0.29, 0.717) is 24.5 Å². The van der Waals surface area contributed by atoms with Gasteiger partial charge in [-0.3, -0.25) is 9.59 Å². The van der Waals surface area contributed by atoms with Crippen LogP contribution < -0.4 is 5.32 Å². The Labute approximate surface area is 183 Å². The Kier molecular flexibility index (Phi) is 9.55. The second-order valence-electron chi connectivity index (χ2n) is 6.96. The predicted octanol–water partition coefficient (Wildman–Crippen LogP) is 5.07. The highest BCUT2D eigenvalue weighted by atomic mass is 35.5. The average molecular weight is 433 g/mol. The minimum absolute atomic E-state index is 0.0518. The van der Waals surface area contributed by atoms with Gasteiger partial charge in [0.1, 0.15) is 6.04 Å². The molecule has 1 N–H and O–H groups in total. The van der Waals surface area contributed by atoms with Gasteiger partial charge in [0.15, 0.2) is 0 Å². The Balaban J connectivity index is 2.16. The van der Waals surface area contributed by atoms with E-state index in [1.807, 2.05) is 69.3 Å².